The van der Waals surface area contributed by atoms with Crippen molar-refractivity contribution in [1.82, 2.24) is 0 Å². The summed E-state index contributed by atoms with van der Waals surface area (Å²) in [6.07, 6.45) is 0.832. The second-order valence-electron chi connectivity index (χ2n) is 2.89. The van der Waals surface area contributed by atoms with Gasteiger partial charge < -0.3 is 0 Å². The smallest absolute Gasteiger partial charge is 0.272 e. The summed E-state index contributed by atoms with van der Waals surface area (Å²) in [5, 5.41) is 9.08. The van der Waals surface area contributed by atoms with Crippen molar-refractivity contribution in [3.63, 3.8) is 0 Å². The summed E-state index contributed by atoms with van der Waals surface area (Å²) in [5.74, 6) is -1.71. The Kier molecular flexibility index (Phi) is 2.26. The first kappa shape index (κ1) is 8.90. The number of hydrogen-bond acceptors (Lipinski definition) is 1. The first-order valence-electron chi connectivity index (χ1n) is 3.62. The van der Waals surface area contributed by atoms with Gasteiger partial charge in [0.05, 0.1) is 0 Å². The van der Waals surface area contributed by atoms with Crippen molar-refractivity contribution < 1.29 is 18.7 Å². The Labute approximate surface area is 69.0 Å². The van der Waals surface area contributed by atoms with E-state index in [1.807, 2.05) is 0 Å². The molecule has 0 aliphatic rings. The molecule has 1 aromatic heterocycles. The SMILES string of the molecule is CC(C)c1c(F)cc(F)c[n+]1O. The summed E-state index contributed by atoms with van der Waals surface area (Å²) >= 11 is 0. The van der Waals surface area contributed by atoms with Gasteiger partial charge in [0.25, 0.3) is 11.9 Å². The van der Waals surface area contributed by atoms with Crippen LogP contribution in [0.2, 0.25) is 0 Å². The highest BCUT2D eigenvalue weighted by molar-refractivity contribution is 5.05. The van der Waals surface area contributed by atoms with Crippen molar-refractivity contribution in [3.05, 3.63) is 29.6 Å². The molecule has 0 amide bonds. The topological polar surface area (TPSA) is 24.1 Å². The Bertz CT molecular complexity index is 276. The van der Waals surface area contributed by atoms with Crippen LogP contribution in [-0.2, 0) is 0 Å². The lowest BCUT2D eigenvalue weighted by Gasteiger charge is -2.00. The van der Waals surface area contributed by atoms with Crippen LogP contribution in [0, 0.1) is 11.6 Å². The molecule has 4 heteroatoms. The first-order chi connectivity index (χ1) is 5.52. The van der Waals surface area contributed by atoms with Gasteiger partial charge in [0.2, 0.25) is 0 Å². The zero-order valence-corrected chi connectivity index (χ0v) is 6.88. The standard InChI is InChI=1S/C8H10F2NO/c1-5(2)8-7(10)3-6(9)4-11(8)12/h3-5,12H,1-2H3/q+1. The van der Waals surface area contributed by atoms with Crippen molar-refractivity contribution in [2.45, 2.75) is 19.8 Å². The molecule has 0 unspecified atom stereocenters. The molecule has 1 heterocycles. The highest BCUT2D eigenvalue weighted by atomic mass is 19.1. The molecular formula is C8H10F2NO+. The highest BCUT2D eigenvalue weighted by Gasteiger charge is 2.22. The van der Waals surface area contributed by atoms with Gasteiger partial charge in [-0.3, -0.25) is 5.21 Å². The fraction of sp³-hybridized carbons (Fsp3) is 0.375. The fourth-order valence-electron chi connectivity index (χ4n) is 1.07. The van der Waals surface area contributed by atoms with Crippen LogP contribution in [0.4, 0.5) is 8.78 Å². The third kappa shape index (κ3) is 1.52. The molecule has 0 fully saturated rings. The molecule has 12 heavy (non-hydrogen) atoms. The van der Waals surface area contributed by atoms with Crippen molar-refractivity contribution in [2.24, 2.45) is 0 Å². The average molecular weight is 174 g/mol. The van der Waals surface area contributed by atoms with Crippen molar-refractivity contribution in [3.8, 4) is 0 Å². The Morgan fingerprint density at radius 2 is 2.00 bits per heavy atom. The number of pyridine rings is 1. The van der Waals surface area contributed by atoms with Gasteiger partial charge >= 0.3 is 0 Å². The van der Waals surface area contributed by atoms with Gasteiger partial charge in [-0.25, -0.2) is 4.39 Å². The molecule has 0 atom stereocenters. The van der Waals surface area contributed by atoms with Crippen LogP contribution < -0.4 is 4.73 Å². The maximum absolute atomic E-state index is 12.9. The molecule has 0 radical (unpaired) electrons. The zero-order chi connectivity index (χ0) is 9.30. The lowest BCUT2D eigenvalue weighted by molar-refractivity contribution is -0.912. The Morgan fingerprint density at radius 3 is 2.42 bits per heavy atom. The fourth-order valence-corrected chi connectivity index (χ4v) is 1.07. The maximum atomic E-state index is 12.9. The second kappa shape index (κ2) is 3.05. The van der Waals surface area contributed by atoms with Crippen LogP contribution in [0.15, 0.2) is 12.3 Å². The molecule has 66 valence electrons. The summed E-state index contributed by atoms with van der Waals surface area (Å²) in [5.41, 5.74) is 0.0800. The van der Waals surface area contributed by atoms with Gasteiger partial charge in [-0.05, 0) is 0 Å². The minimum atomic E-state index is -0.792. The van der Waals surface area contributed by atoms with Gasteiger partial charge in [-0.1, -0.05) is 13.8 Å². The number of aromatic nitrogens is 1. The summed E-state index contributed by atoms with van der Waals surface area (Å²) < 4.78 is 25.9. The molecule has 2 nitrogen and oxygen atoms in total. The van der Waals surface area contributed by atoms with Gasteiger partial charge in [0, 0.05) is 16.7 Å². The summed E-state index contributed by atoms with van der Waals surface area (Å²) in [4.78, 5) is 0. The van der Waals surface area contributed by atoms with E-state index in [-0.39, 0.29) is 11.6 Å². The molecule has 0 saturated carbocycles. The number of nitrogens with zero attached hydrogens (tertiary/aromatic N) is 1. The Morgan fingerprint density at radius 1 is 1.42 bits per heavy atom. The average Bonchev–Trinajstić information content (AvgIpc) is 1.82. The zero-order valence-electron chi connectivity index (χ0n) is 6.88. The number of rotatable bonds is 1. The Hall–Kier alpha value is -1.19. The molecule has 1 aromatic rings. The van der Waals surface area contributed by atoms with E-state index < -0.39 is 11.6 Å². The van der Waals surface area contributed by atoms with Crippen LogP contribution in [-0.4, -0.2) is 5.21 Å². The van der Waals surface area contributed by atoms with Gasteiger partial charge in [-0.2, -0.15) is 4.39 Å². The molecule has 0 spiro atoms. The molecule has 0 saturated heterocycles. The predicted molar refractivity (Wildman–Crippen MR) is 37.8 cm³/mol. The lowest BCUT2D eigenvalue weighted by Crippen LogP contribution is -2.37. The number of hydrogen-bond donors (Lipinski definition) is 1. The lowest BCUT2D eigenvalue weighted by atomic mass is 10.1. The van der Waals surface area contributed by atoms with Gasteiger partial charge in [0.1, 0.15) is 0 Å². The monoisotopic (exact) mass is 174 g/mol. The van der Waals surface area contributed by atoms with Crippen LogP contribution in [0.1, 0.15) is 25.5 Å². The third-order valence-corrected chi connectivity index (χ3v) is 1.55. The van der Waals surface area contributed by atoms with E-state index in [2.05, 4.69) is 0 Å². The molecular weight excluding hydrogens is 164 g/mol. The van der Waals surface area contributed by atoms with E-state index in [1.165, 1.54) is 0 Å². The molecule has 0 bridgehead atoms. The normalized spacial score (nSPS) is 10.8. The van der Waals surface area contributed by atoms with Crippen LogP contribution in [0.5, 0.6) is 0 Å². The first-order valence-corrected chi connectivity index (χ1v) is 3.62. The summed E-state index contributed by atoms with van der Waals surface area (Å²) in [6, 6.07) is 0.752. The van der Waals surface area contributed by atoms with Crippen molar-refractivity contribution >= 4 is 0 Å². The van der Waals surface area contributed by atoms with Crippen LogP contribution >= 0.6 is 0 Å². The van der Waals surface area contributed by atoms with Crippen LogP contribution in [0.25, 0.3) is 0 Å². The van der Waals surface area contributed by atoms with Gasteiger partial charge in [0.15, 0.2) is 11.6 Å². The molecule has 1 N–H and O–H groups in total. The highest BCUT2D eigenvalue weighted by Crippen LogP contribution is 2.13. The third-order valence-electron chi connectivity index (χ3n) is 1.55. The van der Waals surface area contributed by atoms with E-state index >= 15 is 0 Å². The van der Waals surface area contributed by atoms with Crippen LogP contribution in [0.3, 0.4) is 0 Å². The summed E-state index contributed by atoms with van der Waals surface area (Å²) in [7, 11) is 0. The number of halogens is 2. The minimum absolute atomic E-state index is 0.0800. The van der Waals surface area contributed by atoms with Crippen molar-refractivity contribution in [1.29, 1.82) is 0 Å². The van der Waals surface area contributed by atoms with Crippen molar-refractivity contribution in [2.75, 3.05) is 0 Å². The molecule has 0 aromatic carbocycles. The quantitative estimate of drug-likeness (QED) is 0.507. The predicted octanol–water partition coefficient (Wildman–Crippen LogP) is 1.61. The van der Waals surface area contributed by atoms with E-state index in [0.717, 1.165) is 12.3 Å². The van der Waals surface area contributed by atoms with E-state index in [4.69, 9.17) is 5.21 Å². The van der Waals surface area contributed by atoms with E-state index in [0.29, 0.717) is 4.73 Å². The second-order valence-corrected chi connectivity index (χ2v) is 2.89. The molecule has 0 aliphatic heterocycles. The minimum Gasteiger partial charge on any atom is -0.285 e. The van der Waals surface area contributed by atoms with E-state index in [9.17, 15) is 8.78 Å². The van der Waals surface area contributed by atoms with E-state index in [1.54, 1.807) is 13.8 Å². The maximum Gasteiger partial charge on any atom is 0.272 e. The Balaban J connectivity index is 3.28. The molecule has 0 aliphatic carbocycles. The summed E-state index contributed by atoms with van der Waals surface area (Å²) in [6.45, 7) is 3.42. The largest absolute Gasteiger partial charge is 0.285 e. The van der Waals surface area contributed by atoms with Gasteiger partial charge in [-0.15, -0.1) is 0 Å². The molecule has 1 rings (SSSR count).